The quantitative estimate of drug-likeness (QED) is 0.392. The molecule has 0 radical (unpaired) electrons. The Bertz CT molecular complexity index is 1330. The van der Waals surface area contributed by atoms with Crippen LogP contribution in [0.2, 0.25) is 0 Å². The second-order valence-corrected chi connectivity index (χ2v) is 11.3. The molecular formula is C30H35FN4O4. The van der Waals surface area contributed by atoms with E-state index in [0.29, 0.717) is 18.7 Å². The van der Waals surface area contributed by atoms with E-state index in [0.717, 1.165) is 48.7 Å². The summed E-state index contributed by atoms with van der Waals surface area (Å²) in [6, 6.07) is 14.0. The number of aromatic nitrogens is 2. The van der Waals surface area contributed by atoms with Gasteiger partial charge in [-0.3, -0.25) is 9.80 Å². The summed E-state index contributed by atoms with van der Waals surface area (Å²) in [5.74, 6) is 0.495. The fourth-order valence-corrected chi connectivity index (χ4v) is 5.10. The minimum Gasteiger partial charge on any atom is -0.465 e. The first-order valence-corrected chi connectivity index (χ1v) is 13.3. The number of esters is 1. The van der Waals surface area contributed by atoms with Gasteiger partial charge >= 0.3 is 12.1 Å². The van der Waals surface area contributed by atoms with Crippen LogP contribution in [0.25, 0.3) is 0 Å². The highest BCUT2D eigenvalue weighted by molar-refractivity contribution is 5.89. The Labute approximate surface area is 228 Å². The molecule has 2 unspecified atom stereocenters. The molecule has 5 rings (SSSR count). The second kappa shape index (κ2) is 10.8. The molecule has 3 aromatic rings. The number of amides is 1. The Morgan fingerprint density at radius 1 is 1.08 bits per heavy atom. The van der Waals surface area contributed by atoms with Gasteiger partial charge in [0.05, 0.1) is 31.5 Å². The summed E-state index contributed by atoms with van der Waals surface area (Å²) in [4.78, 5) is 33.9. The Hall–Kier alpha value is -3.72. The van der Waals surface area contributed by atoms with Gasteiger partial charge in [0.1, 0.15) is 17.2 Å². The first-order valence-electron chi connectivity index (χ1n) is 13.3. The highest BCUT2D eigenvalue weighted by Gasteiger charge is 2.46. The zero-order valence-electron chi connectivity index (χ0n) is 22.9. The number of hydrogen-bond acceptors (Lipinski definition) is 6. The van der Waals surface area contributed by atoms with E-state index in [2.05, 4.69) is 9.47 Å². The minimum absolute atomic E-state index is 0.0199. The SMILES string of the molecule is COC(=O)c1ccc(CN2CCn3cc(CN(C(=O)OC(C)(C)C)C4CC4c4ccc(F)cc4)nc3C2)cc1. The van der Waals surface area contributed by atoms with E-state index in [1.165, 1.54) is 19.2 Å². The van der Waals surface area contributed by atoms with Crippen LogP contribution in [0.15, 0.2) is 54.7 Å². The predicted molar refractivity (Wildman–Crippen MR) is 143 cm³/mol. The van der Waals surface area contributed by atoms with E-state index in [1.807, 2.05) is 39.1 Å². The van der Waals surface area contributed by atoms with Crippen LogP contribution in [0.5, 0.6) is 0 Å². The normalized spacial score (nSPS) is 18.8. The summed E-state index contributed by atoms with van der Waals surface area (Å²) in [7, 11) is 1.38. The largest absolute Gasteiger partial charge is 0.465 e. The van der Waals surface area contributed by atoms with Crippen LogP contribution in [0.1, 0.15) is 66.1 Å². The van der Waals surface area contributed by atoms with E-state index in [1.54, 1.807) is 29.2 Å². The fraction of sp³-hybridized carbons (Fsp3) is 0.433. The van der Waals surface area contributed by atoms with Gasteiger partial charge in [-0.15, -0.1) is 0 Å². The number of carbonyl (C=O) groups excluding carboxylic acids is 2. The molecule has 1 aliphatic heterocycles. The minimum atomic E-state index is -0.613. The number of hydrogen-bond donors (Lipinski definition) is 0. The zero-order valence-corrected chi connectivity index (χ0v) is 22.9. The van der Waals surface area contributed by atoms with Gasteiger partial charge in [-0.05, 0) is 62.6 Å². The Morgan fingerprint density at radius 3 is 2.46 bits per heavy atom. The van der Waals surface area contributed by atoms with E-state index >= 15 is 0 Å². The summed E-state index contributed by atoms with van der Waals surface area (Å²) in [6.45, 7) is 9.04. The van der Waals surface area contributed by atoms with Crippen LogP contribution < -0.4 is 0 Å². The molecule has 2 atom stereocenters. The first kappa shape index (κ1) is 26.9. The summed E-state index contributed by atoms with van der Waals surface area (Å²) in [5.41, 5.74) is 2.88. The fourth-order valence-electron chi connectivity index (χ4n) is 5.10. The highest BCUT2D eigenvalue weighted by atomic mass is 19.1. The van der Waals surface area contributed by atoms with Crippen LogP contribution in [0, 0.1) is 5.82 Å². The number of benzene rings is 2. The van der Waals surface area contributed by atoms with Crippen molar-refractivity contribution in [2.24, 2.45) is 0 Å². The number of imidazole rings is 1. The predicted octanol–water partition coefficient (Wildman–Crippen LogP) is 5.12. The maximum atomic E-state index is 13.4. The molecule has 1 amide bonds. The molecule has 0 spiro atoms. The Kier molecular flexibility index (Phi) is 7.44. The Morgan fingerprint density at radius 2 is 1.79 bits per heavy atom. The molecule has 39 heavy (non-hydrogen) atoms. The van der Waals surface area contributed by atoms with Crippen molar-refractivity contribution in [3.63, 3.8) is 0 Å². The number of halogens is 1. The molecule has 0 N–H and O–H groups in total. The molecule has 2 aliphatic rings. The average Bonchev–Trinajstić information content (AvgIpc) is 3.58. The van der Waals surface area contributed by atoms with Gasteiger partial charge < -0.3 is 14.0 Å². The van der Waals surface area contributed by atoms with Gasteiger partial charge in [-0.2, -0.15) is 0 Å². The van der Waals surface area contributed by atoms with E-state index < -0.39 is 5.60 Å². The molecule has 1 fully saturated rings. The molecule has 206 valence electrons. The average molecular weight is 535 g/mol. The third-order valence-corrected chi connectivity index (χ3v) is 7.13. The molecule has 1 saturated carbocycles. The molecule has 9 heteroatoms. The number of fused-ring (bicyclic) bond motifs is 1. The smallest absolute Gasteiger partial charge is 0.410 e. The second-order valence-electron chi connectivity index (χ2n) is 11.3. The van der Waals surface area contributed by atoms with Crippen molar-refractivity contribution in [2.45, 2.75) is 70.9 Å². The van der Waals surface area contributed by atoms with Crippen molar-refractivity contribution in [3.8, 4) is 0 Å². The topological polar surface area (TPSA) is 76.9 Å². The van der Waals surface area contributed by atoms with Crippen LogP contribution in [-0.4, -0.2) is 56.7 Å². The van der Waals surface area contributed by atoms with Gasteiger partial charge in [0.15, 0.2) is 0 Å². The van der Waals surface area contributed by atoms with E-state index in [-0.39, 0.29) is 29.8 Å². The van der Waals surface area contributed by atoms with Crippen molar-refractivity contribution in [2.75, 3.05) is 13.7 Å². The molecule has 1 aromatic heterocycles. The van der Waals surface area contributed by atoms with Crippen LogP contribution in [0.4, 0.5) is 9.18 Å². The standard InChI is InChI=1S/C30H35FN4O4/c1-30(2,3)39-29(37)35(26-15-25(26)21-9-11-23(31)12-10-21)18-24-17-34-14-13-33(19-27(34)32-24)16-20-5-7-22(8-6-20)28(36)38-4/h5-12,17,25-26H,13-16,18-19H2,1-4H3. The first-order chi connectivity index (χ1) is 18.6. The monoisotopic (exact) mass is 534 g/mol. The zero-order chi connectivity index (χ0) is 27.7. The number of rotatable bonds is 7. The molecule has 8 nitrogen and oxygen atoms in total. The number of ether oxygens (including phenoxy) is 2. The lowest BCUT2D eigenvalue weighted by Gasteiger charge is -2.27. The summed E-state index contributed by atoms with van der Waals surface area (Å²) in [5, 5.41) is 0. The molecule has 0 saturated heterocycles. The maximum absolute atomic E-state index is 13.4. The van der Waals surface area contributed by atoms with E-state index in [4.69, 9.17) is 14.5 Å². The number of nitrogens with zero attached hydrogens (tertiary/aromatic N) is 4. The lowest BCUT2D eigenvalue weighted by Crippen LogP contribution is -2.38. The van der Waals surface area contributed by atoms with Crippen molar-refractivity contribution in [1.82, 2.24) is 19.4 Å². The van der Waals surface area contributed by atoms with Gasteiger partial charge in [0.25, 0.3) is 0 Å². The van der Waals surface area contributed by atoms with Crippen molar-refractivity contribution >= 4 is 12.1 Å². The van der Waals surface area contributed by atoms with Crippen molar-refractivity contribution in [3.05, 3.63) is 88.8 Å². The Balaban J connectivity index is 1.26. The molecule has 2 heterocycles. The van der Waals surface area contributed by atoms with Crippen LogP contribution >= 0.6 is 0 Å². The molecular weight excluding hydrogens is 499 g/mol. The lowest BCUT2D eigenvalue weighted by atomic mass is 10.1. The lowest BCUT2D eigenvalue weighted by molar-refractivity contribution is 0.0210. The van der Waals surface area contributed by atoms with Gasteiger partial charge in [-0.1, -0.05) is 24.3 Å². The molecule has 2 aromatic carbocycles. The highest BCUT2D eigenvalue weighted by Crippen LogP contribution is 2.45. The molecule has 0 bridgehead atoms. The van der Waals surface area contributed by atoms with Gasteiger partial charge in [-0.25, -0.2) is 19.0 Å². The van der Waals surface area contributed by atoms with Gasteiger partial charge in [0, 0.05) is 37.8 Å². The summed E-state index contributed by atoms with van der Waals surface area (Å²) in [6.07, 6.45) is 2.48. The number of methoxy groups -OCH3 is 1. The summed E-state index contributed by atoms with van der Waals surface area (Å²) >= 11 is 0. The third-order valence-electron chi connectivity index (χ3n) is 7.13. The number of carbonyl (C=O) groups is 2. The van der Waals surface area contributed by atoms with Gasteiger partial charge in [0.2, 0.25) is 0 Å². The van der Waals surface area contributed by atoms with E-state index in [9.17, 15) is 14.0 Å². The van der Waals surface area contributed by atoms with Crippen molar-refractivity contribution in [1.29, 1.82) is 0 Å². The third kappa shape index (κ3) is 6.47. The molecule has 1 aliphatic carbocycles. The van der Waals surface area contributed by atoms with Crippen LogP contribution in [0.3, 0.4) is 0 Å². The van der Waals surface area contributed by atoms with Crippen molar-refractivity contribution < 1.29 is 23.5 Å². The summed E-state index contributed by atoms with van der Waals surface area (Å²) < 4.78 is 26.1. The van der Waals surface area contributed by atoms with Crippen LogP contribution in [-0.2, 0) is 35.7 Å². The maximum Gasteiger partial charge on any atom is 0.410 e.